The molecule has 1 fully saturated rings. The number of hydrogen-bond acceptors (Lipinski definition) is 3. The molecule has 2 rings (SSSR count). The van der Waals surface area contributed by atoms with Crippen molar-refractivity contribution < 1.29 is 9.59 Å². The molecular formula is C14H19N3O2. The van der Waals surface area contributed by atoms with Gasteiger partial charge in [0, 0.05) is 13.0 Å². The van der Waals surface area contributed by atoms with Gasteiger partial charge >= 0.3 is 0 Å². The molecule has 0 spiro atoms. The molecule has 1 saturated heterocycles. The summed E-state index contributed by atoms with van der Waals surface area (Å²) >= 11 is 0. The fourth-order valence-electron chi connectivity index (χ4n) is 2.13. The normalized spacial score (nSPS) is 16.5. The highest BCUT2D eigenvalue weighted by atomic mass is 16.2. The first-order chi connectivity index (χ1) is 9.13. The summed E-state index contributed by atoms with van der Waals surface area (Å²) in [6.45, 7) is 2.56. The van der Waals surface area contributed by atoms with Gasteiger partial charge in [-0.05, 0) is 25.0 Å². The van der Waals surface area contributed by atoms with Crippen LogP contribution >= 0.6 is 0 Å². The van der Waals surface area contributed by atoms with Crippen LogP contribution in [0.1, 0.15) is 26.2 Å². The monoisotopic (exact) mass is 261 g/mol. The molecule has 3 N–H and O–H groups in total. The van der Waals surface area contributed by atoms with E-state index in [0.717, 1.165) is 12.1 Å². The van der Waals surface area contributed by atoms with Gasteiger partial charge in [-0.3, -0.25) is 9.59 Å². The zero-order chi connectivity index (χ0) is 13.8. The van der Waals surface area contributed by atoms with Gasteiger partial charge in [0.15, 0.2) is 0 Å². The Morgan fingerprint density at radius 1 is 1.47 bits per heavy atom. The summed E-state index contributed by atoms with van der Waals surface area (Å²) in [5, 5.41) is 2.80. The minimum absolute atomic E-state index is 0.0986. The summed E-state index contributed by atoms with van der Waals surface area (Å²) in [5.74, 6) is -0.122. The molecule has 0 aliphatic carbocycles. The molecule has 1 aromatic rings. The Morgan fingerprint density at radius 2 is 2.21 bits per heavy atom. The number of benzene rings is 1. The number of nitrogens with one attached hydrogen (secondary N) is 1. The highest BCUT2D eigenvalue weighted by Gasteiger charge is 2.24. The average molecular weight is 261 g/mol. The van der Waals surface area contributed by atoms with E-state index in [4.69, 9.17) is 5.73 Å². The number of hydrogen-bond donors (Lipinski definition) is 2. The van der Waals surface area contributed by atoms with Gasteiger partial charge in [0.25, 0.3) is 0 Å². The highest BCUT2D eigenvalue weighted by Crippen LogP contribution is 2.29. The Kier molecular flexibility index (Phi) is 4.16. The van der Waals surface area contributed by atoms with Crippen molar-refractivity contribution in [3.63, 3.8) is 0 Å². The van der Waals surface area contributed by atoms with Gasteiger partial charge in [0.1, 0.15) is 0 Å². The minimum atomic E-state index is -0.526. The van der Waals surface area contributed by atoms with Crippen LogP contribution in [0.4, 0.5) is 11.4 Å². The zero-order valence-corrected chi connectivity index (χ0v) is 11.1. The largest absolute Gasteiger partial charge is 0.323 e. The van der Waals surface area contributed by atoms with Gasteiger partial charge in [-0.25, -0.2) is 0 Å². The number of carbonyl (C=O) groups excluding carboxylic acids is 2. The van der Waals surface area contributed by atoms with E-state index >= 15 is 0 Å². The van der Waals surface area contributed by atoms with E-state index in [9.17, 15) is 9.59 Å². The lowest BCUT2D eigenvalue weighted by atomic mass is 10.2. The second kappa shape index (κ2) is 5.84. The van der Waals surface area contributed by atoms with Crippen molar-refractivity contribution in [2.24, 2.45) is 5.73 Å². The van der Waals surface area contributed by atoms with Gasteiger partial charge in [-0.15, -0.1) is 0 Å². The van der Waals surface area contributed by atoms with E-state index in [1.165, 1.54) is 0 Å². The van der Waals surface area contributed by atoms with Crippen molar-refractivity contribution in [2.45, 2.75) is 32.2 Å². The number of amides is 2. The number of nitrogens with zero attached hydrogens (tertiary/aromatic N) is 1. The first-order valence-electron chi connectivity index (χ1n) is 6.59. The summed E-state index contributed by atoms with van der Waals surface area (Å²) in [6.07, 6.45) is 2.00. The molecule has 5 nitrogen and oxygen atoms in total. The predicted octanol–water partition coefficient (Wildman–Crippen LogP) is 1.49. The van der Waals surface area contributed by atoms with Crippen molar-refractivity contribution in [3.05, 3.63) is 24.3 Å². The molecule has 5 heteroatoms. The molecule has 0 unspecified atom stereocenters. The van der Waals surface area contributed by atoms with Crippen molar-refractivity contribution in [1.29, 1.82) is 0 Å². The molecule has 1 aromatic carbocycles. The summed E-state index contributed by atoms with van der Waals surface area (Å²) in [4.78, 5) is 25.4. The Morgan fingerprint density at radius 3 is 2.84 bits per heavy atom. The van der Waals surface area contributed by atoms with Gasteiger partial charge in [-0.1, -0.05) is 19.1 Å². The summed E-state index contributed by atoms with van der Waals surface area (Å²) in [7, 11) is 0. The zero-order valence-electron chi connectivity index (χ0n) is 11.1. The molecule has 0 saturated carbocycles. The number of rotatable bonds is 4. The predicted molar refractivity (Wildman–Crippen MR) is 74.9 cm³/mol. The molecule has 19 heavy (non-hydrogen) atoms. The SMILES string of the molecule is CC[C@H](N)C(=O)Nc1ccccc1N1CCCC1=O. The van der Waals surface area contributed by atoms with Crippen LogP contribution in [0.25, 0.3) is 0 Å². The maximum Gasteiger partial charge on any atom is 0.241 e. The first-order valence-corrected chi connectivity index (χ1v) is 6.59. The van der Waals surface area contributed by atoms with E-state index < -0.39 is 6.04 Å². The lowest BCUT2D eigenvalue weighted by Gasteiger charge is -2.20. The fraction of sp³-hybridized carbons (Fsp3) is 0.429. The number of anilines is 2. The Hall–Kier alpha value is -1.88. The molecule has 2 amide bonds. The van der Waals surface area contributed by atoms with Gasteiger partial charge in [-0.2, -0.15) is 0 Å². The topological polar surface area (TPSA) is 75.4 Å². The standard InChI is InChI=1S/C14H19N3O2/c1-2-10(15)14(19)16-11-6-3-4-7-12(11)17-9-5-8-13(17)18/h3-4,6-7,10H,2,5,8-9,15H2,1H3,(H,16,19)/t10-/m0/s1. The average Bonchev–Trinajstić information content (AvgIpc) is 2.84. The molecule has 0 radical (unpaired) electrons. The number of nitrogens with two attached hydrogens (primary N) is 1. The van der Waals surface area contributed by atoms with Crippen LogP contribution in [0, 0.1) is 0 Å². The van der Waals surface area contributed by atoms with Crippen molar-refractivity contribution in [3.8, 4) is 0 Å². The third kappa shape index (κ3) is 2.93. The van der Waals surface area contributed by atoms with Crippen LogP contribution in [-0.4, -0.2) is 24.4 Å². The van der Waals surface area contributed by atoms with Crippen molar-refractivity contribution in [1.82, 2.24) is 0 Å². The van der Waals surface area contributed by atoms with Gasteiger partial charge in [0.05, 0.1) is 17.4 Å². The number of carbonyl (C=O) groups is 2. The number of para-hydroxylation sites is 2. The maximum atomic E-state index is 11.9. The fourth-order valence-corrected chi connectivity index (χ4v) is 2.13. The quantitative estimate of drug-likeness (QED) is 0.862. The van der Waals surface area contributed by atoms with Crippen LogP contribution < -0.4 is 16.0 Å². The van der Waals surface area contributed by atoms with Crippen LogP contribution in [0.2, 0.25) is 0 Å². The third-order valence-corrected chi connectivity index (χ3v) is 3.30. The lowest BCUT2D eigenvalue weighted by molar-refractivity contribution is -0.118. The molecule has 0 aromatic heterocycles. The van der Waals surface area contributed by atoms with Crippen LogP contribution in [0.3, 0.4) is 0 Å². The third-order valence-electron chi connectivity index (χ3n) is 3.30. The Labute approximate surface area is 112 Å². The maximum absolute atomic E-state index is 11.9. The summed E-state index contributed by atoms with van der Waals surface area (Å²) in [6, 6.07) is 6.80. The molecular weight excluding hydrogens is 242 g/mol. The van der Waals surface area contributed by atoms with Gasteiger partial charge < -0.3 is 16.0 Å². The molecule has 0 bridgehead atoms. The molecule has 1 aliphatic rings. The van der Waals surface area contributed by atoms with E-state index in [-0.39, 0.29) is 11.8 Å². The summed E-state index contributed by atoms with van der Waals surface area (Å²) in [5.41, 5.74) is 7.10. The van der Waals surface area contributed by atoms with Crippen molar-refractivity contribution >= 4 is 23.2 Å². The van der Waals surface area contributed by atoms with E-state index in [1.807, 2.05) is 25.1 Å². The van der Waals surface area contributed by atoms with E-state index in [2.05, 4.69) is 5.32 Å². The van der Waals surface area contributed by atoms with E-state index in [1.54, 1.807) is 11.0 Å². The highest BCUT2D eigenvalue weighted by molar-refractivity contribution is 6.03. The molecule has 1 heterocycles. The van der Waals surface area contributed by atoms with E-state index in [0.29, 0.717) is 25.1 Å². The minimum Gasteiger partial charge on any atom is -0.323 e. The first kappa shape index (κ1) is 13.5. The Bertz CT molecular complexity index is 487. The van der Waals surface area contributed by atoms with Crippen LogP contribution in [0.5, 0.6) is 0 Å². The smallest absolute Gasteiger partial charge is 0.241 e. The van der Waals surface area contributed by atoms with Crippen molar-refractivity contribution in [2.75, 3.05) is 16.8 Å². The molecule has 1 atom stereocenters. The lowest BCUT2D eigenvalue weighted by Crippen LogP contribution is -2.35. The second-order valence-electron chi connectivity index (χ2n) is 4.67. The summed E-state index contributed by atoms with van der Waals surface area (Å²) < 4.78 is 0. The molecule has 102 valence electrons. The van der Waals surface area contributed by atoms with Gasteiger partial charge in [0.2, 0.25) is 11.8 Å². The van der Waals surface area contributed by atoms with Crippen LogP contribution in [0.15, 0.2) is 24.3 Å². The molecule has 1 aliphatic heterocycles. The van der Waals surface area contributed by atoms with Crippen LogP contribution in [-0.2, 0) is 9.59 Å². The Balaban J connectivity index is 2.21. The second-order valence-corrected chi connectivity index (χ2v) is 4.67.